The van der Waals surface area contributed by atoms with Gasteiger partial charge in [0, 0.05) is 13.1 Å². The Hall–Kier alpha value is -2.19. The molecule has 104 valence electrons. The summed E-state index contributed by atoms with van der Waals surface area (Å²) in [7, 11) is 0. The minimum absolute atomic E-state index is 0.550. The lowest BCUT2D eigenvalue weighted by molar-refractivity contribution is 0.457. The van der Waals surface area contributed by atoms with Crippen LogP contribution >= 0.6 is 0 Å². The topological polar surface area (TPSA) is 66.5 Å². The van der Waals surface area contributed by atoms with Crippen LogP contribution in [0.4, 0.5) is 0 Å². The minimum Gasteiger partial charge on any atom is -0.306 e. The molecular weight excluding hydrogens is 250 g/mol. The summed E-state index contributed by atoms with van der Waals surface area (Å²) in [6, 6.07) is 9.70. The molecule has 1 aromatic carbocycles. The maximum atomic E-state index is 8.75. The zero-order valence-corrected chi connectivity index (χ0v) is 11.9. The Labute approximate surface area is 119 Å². The van der Waals surface area contributed by atoms with Gasteiger partial charge in [-0.3, -0.25) is 0 Å². The molecule has 1 aromatic heterocycles. The second-order valence-electron chi connectivity index (χ2n) is 5.16. The normalized spacial score (nSPS) is 10.7. The second-order valence-corrected chi connectivity index (χ2v) is 5.16. The molecule has 0 fully saturated rings. The Kier molecular flexibility index (Phi) is 4.85. The standard InChI is InChI=1S/C15H19N5/c1-12(2)10-20-15(18-11-19-20)9-17-8-14-5-3-13(7-16)4-6-14/h3-6,11-12,17H,8-10H2,1-2H3. The van der Waals surface area contributed by atoms with Crippen LogP contribution in [0.1, 0.15) is 30.8 Å². The van der Waals surface area contributed by atoms with Gasteiger partial charge in [0.2, 0.25) is 0 Å². The Balaban J connectivity index is 1.86. The van der Waals surface area contributed by atoms with Crippen LogP contribution in [-0.4, -0.2) is 14.8 Å². The number of hydrogen-bond acceptors (Lipinski definition) is 4. The highest BCUT2D eigenvalue weighted by Gasteiger charge is 2.05. The maximum absolute atomic E-state index is 8.75. The molecule has 0 unspecified atom stereocenters. The fourth-order valence-corrected chi connectivity index (χ4v) is 1.94. The van der Waals surface area contributed by atoms with Gasteiger partial charge in [0.05, 0.1) is 18.2 Å². The molecule has 0 amide bonds. The first-order valence-corrected chi connectivity index (χ1v) is 6.75. The zero-order valence-electron chi connectivity index (χ0n) is 11.9. The van der Waals surface area contributed by atoms with E-state index in [1.165, 1.54) is 0 Å². The Morgan fingerprint density at radius 1 is 1.25 bits per heavy atom. The van der Waals surface area contributed by atoms with Crippen molar-refractivity contribution >= 4 is 0 Å². The third-order valence-electron chi connectivity index (χ3n) is 2.93. The molecule has 5 nitrogen and oxygen atoms in total. The van der Waals surface area contributed by atoms with E-state index >= 15 is 0 Å². The summed E-state index contributed by atoms with van der Waals surface area (Å²) < 4.78 is 1.94. The van der Waals surface area contributed by atoms with Crippen molar-refractivity contribution in [2.24, 2.45) is 5.92 Å². The van der Waals surface area contributed by atoms with Gasteiger partial charge in [0.25, 0.3) is 0 Å². The van der Waals surface area contributed by atoms with E-state index in [1.807, 2.05) is 28.9 Å². The van der Waals surface area contributed by atoms with Crippen molar-refractivity contribution in [1.29, 1.82) is 5.26 Å². The second kappa shape index (κ2) is 6.83. The highest BCUT2D eigenvalue weighted by Crippen LogP contribution is 2.04. The lowest BCUT2D eigenvalue weighted by Gasteiger charge is -2.09. The maximum Gasteiger partial charge on any atom is 0.140 e. The summed E-state index contributed by atoms with van der Waals surface area (Å²) in [5.41, 5.74) is 1.84. The van der Waals surface area contributed by atoms with Crippen LogP contribution in [0, 0.1) is 17.2 Å². The Morgan fingerprint density at radius 3 is 2.65 bits per heavy atom. The van der Waals surface area contributed by atoms with Crippen molar-refractivity contribution in [3.63, 3.8) is 0 Å². The van der Waals surface area contributed by atoms with Crippen LogP contribution in [0.15, 0.2) is 30.6 Å². The van der Waals surface area contributed by atoms with E-state index in [0.717, 1.165) is 24.5 Å². The number of aromatic nitrogens is 3. The van der Waals surface area contributed by atoms with E-state index in [4.69, 9.17) is 5.26 Å². The van der Waals surface area contributed by atoms with Crippen LogP contribution < -0.4 is 5.32 Å². The van der Waals surface area contributed by atoms with Crippen LogP contribution in [0.2, 0.25) is 0 Å². The van der Waals surface area contributed by atoms with E-state index in [-0.39, 0.29) is 0 Å². The molecule has 2 rings (SSSR count). The summed E-state index contributed by atoms with van der Waals surface area (Å²) in [4.78, 5) is 4.27. The fourth-order valence-electron chi connectivity index (χ4n) is 1.94. The first-order chi connectivity index (χ1) is 9.69. The molecule has 0 spiro atoms. The molecule has 1 heterocycles. The quantitative estimate of drug-likeness (QED) is 0.872. The molecule has 0 aliphatic rings. The highest BCUT2D eigenvalue weighted by atomic mass is 15.3. The number of rotatable bonds is 6. The van der Waals surface area contributed by atoms with E-state index < -0.39 is 0 Å². The molecular formula is C15H19N5. The molecule has 0 saturated carbocycles. The van der Waals surface area contributed by atoms with Crippen molar-refractivity contribution in [3.05, 3.63) is 47.5 Å². The summed E-state index contributed by atoms with van der Waals surface area (Å²) in [6.45, 7) is 6.64. The molecule has 0 atom stereocenters. The van der Waals surface area contributed by atoms with Gasteiger partial charge in [-0.25, -0.2) is 9.67 Å². The van der Waals surface area contributed by atoms with Crippen molar-refractivity contribution in [2.75, 3.05) is 0 Å². The van der Waals surface area contributed by atoms with E-state index in [2.05, 4.69) is 35.3 Å². The SMILES string of the molecule is CC(C)Cn1ncnc1CNCc1ccc(C#N)cc1. The molecule has 0 radical (unpaired) electrons. The summed E-state index contributed by atoms with van der Waals surface area (Å²) >= 11 is 0. The minimum atomic E-state index is 0.550. The zero-order chi connectivity index (χ0) is 14.4. The number of nitrogens with one attached hydrogen (secondary N) is 1. The number of nitrogens with zero attached hydrogens (tertiary/aromatic N) is 4. The molecule has 5 heteroatoms. The first-order valence-electron chi connectivity index (χ1n) is 6.75. The van der Waals surface area contributed by atoms with Gasteiger partial charge < -0.3 is 5.32 Å². The van der Waals surface area contributed by atoms with Gasteiger partial charge in [-0.1, -0.05) is 26.0 Å². The van der Waals surface area contributed by atoms with Crippen LogP contribution in [0.3, 0.4) is 0 Å². The molecule has 2 aromatic rings. The van der Waals surface area contributed by atoms with Gasteiger partial charge in [0.1, 0.15) is 12.2 Å². The predicted molar refractivity (Wildman–Crippen MR) is 76.6 cm³/mol. The van der Waals surface area contributed by atoms with Crippen LogP contribution in [0.25, 0.3) is 0 Å². The number of nitriles is 1. The average Bonchev–Trinajstić information content (AvgIpc) is 2.86. The third kappa shape index (κ3) is 3.90. The third-order valence-corrected chi connectivity index (χ3v) is 2.93. The van der Waals surface area contributed by atoms with Gasteiger partial charge in [-0.15, -0.1) is 0 Å². The molecule has 0 bridgehead atoms. The van der Waals surface area contributed by atoms with E-state index in [9.17, 15) is 0 Å². The van der Waals surface area contributed by atoms with Gasteiger partial charge >= 0.3 is 0 Å². The predicted octanol–water partition coefficient (Wildman–Crippen LogP) is 2.10. The molecule has 1 N–H and O–H groups in total. The first kappa shape index (κ1) is 14.2. The number of hydrogen-bond donors (Lipinski definition) is 1. The van der Waals surface area contributed by atoms with E-state index in [1.54, 1.807) is 6.33 Å². The fraction of sp³-hybridized carbons (Fsp3) is 0.400. The highest BCUT2D eigenvalue weighted by molar-refractivity contribution is 5.31. The molecule has 0 aliphatic carbocycles. The van der Waals surface area contributed by atoms with E-state index in [0.29, 0.717) is 18.0 Å². The van der Waals surface area contributed by atoms with Crippen LogP contribution in [0.5, 0.6) is 0 Å². The monoisotopic (exact) mass is 269 g/mol. The van der Waals surface area contributed by atoms with Crippen LogP contribution in [-0.2, 0) is 19.6 Å². The van der Waals surface area contributed by atoms with Crippen molar-refractivity contribution < 1.29 is 0 Å². The summed E-state index contributed by atoms with van der Waals surface area (Å²) in [5, 5.41) is 16.3. The summed E-state index contributed by atoms with van der Waals surface area (Å²) in [6.07, 6.45) is 1.60. The average molecular weight is 269 g/mol. The lowest BCUT2D eigenvalue weighted by Crippen LogP contribution is -2.18. The molecule has 20 heavy (non-hydrogen) atoms. The number of benzene rings is 1. The Bertz CT molecular complexity index is 577. The lowest BCUT2D eigenvalue weighted by atomic mass is 10.1. The molecule has 0 saturated heterocycles. The largest absolute Gasteiger partial charge is 0.306 e. The van der Waals surface area contributed by atoms with Crippen molar-refractivity contribution in [3.8, 4) is 6.07 Å². The van der Waals surface area contributed by atoms with Gasteiger partial charge in [-0.2, -0.15) is 10.4 Å². The van der Waals surface area contributed by atoms with Crippen molar-refractivity contribution in [1.82, 2.24) is 20.1 Å². The summed E-state index contributed by atoms with van der Waals surface area (Å²) in [5.74, 6) is 1.50. The molecule has 0 aliphatic heterocycles. The van der Waals surface area contributed by atoms with Crippen molar-refractivity contribution in [2.45, 2.75) is 33.5 Å². The van der Waals surface area contributed by atoms with Gasteiger partial charge in [-0.05, 0) is 23.6 Å². The smallest absolute Gasteiger partial charge is 0.140 e. The van der Waals surface area contributed by atoms with Gasteiger partial charge in [0.15, 0.2) is 0 Å². The Morgan fingerprint density at radius 2 is 2.00 bits per heavy atom.